The van der Waals surface area contributed by atoms with Crippen LogP contribution in [-0.4, -0.2) is 4.98 Å². The number of hydrogen-bond donors (Lipinski definition) is 0. The second kappa shape index (κ2) is 7.55. The van der Waals surface area contributed by atoms with E-state index in [4.69, 9.17) is 9.40 Å². The molecule has 0 unspecified atom stereocenters. The fourth-order valence-electron chi connectivity index (χ4n) is 6.43. The van der Waals surface area contributed by atoms with Gasteiger partial charge in [0.2, 0.25) is 0 Å². The van der Waals surface area contributed by atoms with Crippen molar-refractivity contribution in [2.24, 2.45) is 5.92 Å². The highest BCUT2D eigenvalue weighted by Gasteiger charge is 2.42. The lowest BCUT2D eigenvalue weighted by atomic mass is 9.78. The molecule has 0 fully saturated rings. The molecule has 2 aromatic heterocycles. The van der Waals surface area contributed by atoms with E-state index in [9.17, 15) is 0 Å². The first-order valence-corrected chi connectivity index (χ1v) is 12.7. The van der Waals surface area contributed by atoms with Crippen LogP contribution in [0.2, 0.25) is 0 Å². The normalized spacial score (nSPS) is 14.2. The number of rotatable bonds is 3. The second-order valence-electron chi connectivity index (χ2n) is 11.4. The lowest BCUT2D eigenvalue weighted by Crippen LogP contribution is -2.16. The van der Waals surface area contributed by atoms with Gasteiger partial charge in [-0.15, -0.1) is 0 Å². The Bertz CT molecular complexity index is 1650. The number of nitrogens with zero attached hydrogens (tertiary/aromatic N) is 1. The molecule has 0 aliphatic heterocycles. The number of aromatic nitrogens is 1. The summed E-state index contributed by atoms with van der Waals surface area (Å²) in [5, 5.41) is 2.51. The van der Waals surface area contributed by atoms with Crippen LogP contribution in [0.1, 0.15) is 61.1 Å². The first kappa shape index (κ1) is 22.1. The summed E-state index contributed by atoms with van der Waals surface area (Å²) in [5.41, 5.74) is 13.1. The second-order valence-corrected chi connectivity index (χ2v) is 11.4. The Labute approximate surface area is 208 Å². The van der Waals surface area contributed by atoms with Crippen molar-refractivity contribution in [2.75, 3.05) is 0 Å². The summed E-state index contributed by atoms with van der Waals surface area (Å²) >= 11 is 0. The van der Waals surface area contributed by atoms with Crippen LogP contribution in [0.5, 0.6) is 0 Å². The molecular weight excluding hydrogens is 426 g/mol. The Morgan fingerprint density at radius 3 is 2.37 bits per heavy atom. The van der Waals surface area contributed by atoms with Crippen molar-refractivity contribution < 1.29 is 4.42 Å². The molecule has 0 radical (unpaired) electrons. The van der Waals surface area contributed by atoms with Crippen molar-refractivity contribution in [3.63, 3.8) is 0 Å². The molecule has 5 aromatic rings. The third-order valence-corrected chi connectivity index (χ3v) is 7.68. The van der Waals surface area contributed by atoms with Gasteiger partial charge in [0.1, 0.15) is 11.3 Å². The first-order chi connectivity index (χ1) is 16.6. The van der Waals surface area contributed by atoms with Crippen molar-refractivity contribution >= 4 is 21.9 Å². The standard InChI is InChI=1S/C33H33NO/c1-18(2)13-22-11-12-28-25(17-22)31-32(35-28)24-10-8-9-23(30(24)33(31,6)7)26-16-21(5)29-20(4)14-19(3)15-27(29)34-26/h8-12,14-18H,13H2,1-7H3. The van der Waals surface area contributed by atoms with Gasteiger partial charge in [0.15, 0.2) is 0 Å². The fraction of sp³-hybridized carbons (Fsp3) is 0.303. The van der Waals surface area contributed by atoms with Crippen LogP contribution in [0, 0.1) is 26.7 Å². The molecule has 1 aliphatic carbocycles. The minimum Gasteiger partial charge on any atom is -0.456 e. The van der Waals surface area contributed by atoms with Gasteiger partial charge in [0.25, 0.3) is 0 Å². The highest BCUT2D eigenvalue weighted by atomic mass is 16.3. The van der Waals surface area contributed by atoms with Gasteiger partial charge < -0.3 is 4.42 Å². The highest BCUT2D eigenvalue weighted by Crippen LogP contribution is 2.55. The van der Waals surface area contributed by atoms with Crippen molar-refractivity contribution in [2.45, 2.75) is 60.3 Å². The van der Waals surface area contributed by atoms with Crippen LogP contribution in [0.3, 0.4) is 0 Å². The molecule has 1 aliphatic rings. The molecule has 2 heterocycles. The lowest BCUT2D eigenvalue weighted by Gasteiger charge is -2.24. The van der Waals surface area contributed by atoms with E-state index in [1.807, 2.05) is 0 Å². The quantitative estimate of drug-likeness (QED) is 0.269. The summed E-state index contributed by atoms with van der Waals surface area (Å²) < 4.78 is 6.53. The zero-order valence-electron chi connectivity index (χ0n) is 21.8. The average Bonchev–Trinajstić information content (AvgIpc) is 3.26. The molecule has 0 spiro atoms. The molecule has 2 nitrogen and oxygen atoms in total. The number of pyridine rings is 1. The Morgan fingerprint density at radius 2 is 1.60 bits per heavy atom. The largest absolute Gasteiger partial charge is 0.456 e. The number of aryl methyl sites for hydroxylation is 3. The van der Waals surface area contributed by atoms with E-state index in [2.05, 4.69) is 103 Å². The van der Waals surface area contributed by atoms with Gasteiger partial charge in [0.05, 0.1) is 11.2 Å². The summed E-state index contributed by atoms with van der Waals surface area (Å²) in [5.74, 6) is 1.64. The van der Waals surface area contributed by atoms with Crippen LogP contribution in [-0.2, 0) is 11.8 Å². The van der Waals surface area contributed by atoms with Gasteiger partial charge >= 0.3 is 0 Å². The van der Waals surface area contributed by atoms with E-state index in [0.717, 1.165) is 29.0 Å². The molecule has 0 saturated carbocycles. The highest BCUT2D eigenvalue weighted by molar-refractivity contribution is 5.97. The maximum atomic E-state index is 6.53. The van der Waals surface area contributed by atoms with Crippen molar-refractivity contribution in [3.05, 3.63) is 88.0 Å². The molecule has 3 aromatic carbocycles. The van der Waals surface area contributed by atoms with Crippen LogP contribution < -0.4 is 0 Å². The Kier molecular flexibility index (Phi) is 4.77. The van der Waals surface area contributed by atoms with Crippen LogP contribution >= 0.6 is 0 Å². The maximum absolute atomic E-state index is 6.53. The van der Waals surface area contributed by atoms with Gasteiger partial charge in [0, 0.05) is 32.9 Å². The average molecular weight is 460 g/mol. The topological polar surface area (TPSA) is 26.0 Å². The number of fused-ring (bicyclic) bond motifs is 6. The van der Waals surface area contributed by atoms with Crippen LogP contribution in [0.15, 0.2) is 59.0 Å². The zero-order valence-corrected chi connectivity index (χ0v) is 21.8. The van der Waals surface area contributed by atoms with Crippen molar-refractivity contribution in [1.29, 1.82) is 0 Å². The van der Waals surface area contributed by atoms with Crippen LogP contribution in [0.25, 0.3) is 44.5 Å². The minimum absolute atomic E-state index is 0.184. The number of furan rings is 1. The molecule has 0 bridgehead atoms. The number of benzene rings is 3. The monoisotopic (exact) mass is 459 g/mol. The van der Waals surface area contributed by atoms with E-state index >= 15 is 0 Å². The third-order valence-electron chi connectivity index (χ3n) is 7.68. The fourth-order valence-corrected chi connectivity index (χ4v) is 6.43. The van der Waals surface area contributed by atoms with Gasteiger partial charge in [-0.1, -0.05) is 58.0 Å². The van der Waals surface area contributed by atoms with E-state index in [1.54, 1.807) is 0 Å². The Morgan fingerprint density at radius 1 is 0.857 bits per heavy atom. The Balaban J connectivity index is 1.58. The van der Waals surface area contributed by atoms with Gasteiger partial charge in [-0.05, 0) is 85.2 Å². The van der Waals surface area contributed by atoms with E-state index < -0.39 is 0 Å². The predicted octanol–water partition coefficient (Wildman–Crippen LogP) is 9.08. The predicted molar refractivity (Wildman–Crippen MR) is 147 cm³/mol. The first-order valence-electron chi connectivity index (χ1n) is 12.7. The lowest BCUT2D eigenvalue weighted by molar-refractivity contribution is 0.619. The summed E-state index contributed by atoms with van der Waals surface area (Å²) in [7, 11) is 0. The smallest absolute Gasteiger partial charge is 0.139 e. The number of hydrogen-bond acceptors (Lipinski definition) is 2. The van der Waals surface area contributed by atoms with E-state index in [1.165, 1.54) is 55.3 Å². The zero-order chi connectivity index (χ0) is 24.6. The summed E-state index contributed by atoms with van der Waals surface area (Å²) in [6.07, 6.45) is 1.08. The summed E-state index contributed by atoms with van der Waals surface area (Å²) in [6, 6.07) is 20.0. The third kappa shape index (κ3) is 3.26. The molecule has 0 atom stereocenters. The molecule has 0 amide bonds. The van der Waals surface area contributed by atoms with E-state index in [0.29, 0.717) is 5.92 Å². The Hall–Kier alpha value is -3.39. The van der Waals surface area contributed by atoms with Crippen molar-refractivity contribution in [1.82, 2.24) is 4.98 Å². The molecule has 35 heavy (non-hydrogen) atoms. The molecule has 2 heteroatoms. The van der Waals surface area contributed by atoms with Gasteiger partial charge in [-0.3, -0.25) is 0 Å². The SMILES string of the molecule is Cc1cc(C)c2c(C)cc(-c3cccc4c3C(C)(C)c3c-4oc4ccc(CC(C)C)cc34)nc2c1. The molecule has 176 valence electrons. The van der Waals surface area contributed by atoms with Gasteiger partial charge in [-0.2, -0.15) is 0 Å². The molecular formula is C33H33NO. The minimum atomic E-state index is -0.184. The van der Waals surface area contributed by atoms with Crippen LogP contribution in [0.4, 0.5) is 0 Å². The summed E-state index contributed by atoms with van der Waals surface area (Å²) in [6.45, 7) is 15.8. The maximum Gasteiger partial charge on any atom is 0.139 e. The molecule has 0 N–H and O–H groups in total. The summed E-state index contributed by atoms with van der Waals surface area (Å²) in [4.78, 5) is 5.20. The van der Waals surface area contributed by atoms with E-state index in [-0.39, 0.29) is 5.41 Å². The molecule has 6 rings (SSSR count). The van der Waals surface area contributed by atoms with Crippen molar-refractivity contribution in [3.8, 4) is 22.6 Å². The molecule has 0 saturated heterocycles. The van der Waals surface area contributed by atoms with Gasteiger partial charge in [-0.25, -0.2) is 4.98 Å².